The maximum absolute atomic E-state index is 12.7. The van der Waals surface area contributed by atoms with Crippen molar-refractivity contribution in [3.05, 3.63) is 35.5 Å². The molecular weight excluding hydrogens is 266 g/mol. The van der Waals surface area contributed by atoms with Crippen molar-refractivity contribution in [2.75, 3.05) is 13.1 Å². The number of carbonyl (C=O) groups is 1. The molecule has 1 amide bonds. The van der Waals surface area contributed by atoms with Crippen LogP contribution in [0.5, 0.6) is 0 Å². The zero-order chi connectivity index (χ0) is 14.4. The lowest BCUT2D eigenvalue weighted by Gasteiger charge is -2.21. The van der Waals surface area contributed by atoms with E-state index in [0.717, 1.165) is 25.9 Å². The molecule has 1 aliphatic carbocycles. The number of tetrazole rings is 1. The van der Waals surface area contributed by atoms with E-state index in [0.29, 0.717) is 23.0 Å². The van der Waals surface area contributed by atoms with Crippen LogP contribution in [0.15, 0.2) is 30.0 Å². The molecule has 0 aromatic carbocycles. The van der Waals surface area contributed by atoms with Crippen LogP contribution in [-0.4, -0.2) is 43.9 Å². The van der Waals surface area contributed by atoms with Crippen LogP contribution in [0, 0.1) is 11.8 Å². The summed E-state index contributed by atoms with van der Waals surface area (Å²) in [6.07, 6.45) is 6.29. The lowest BCUT2D eigenvalue weighted by Crippen LogP contribution is -2.29. The number of allylic oxidation sites excluding steroid dienone is 2. The van der Waals surface area contributed by atoms with E-state index in [1.165, 1.54) is 5.57 Å². The van der Waals surface area contributed by atoms with Gasteiger partial charge in [0.05, 0.1) is 0 Å². The molecule has 1 aliphatic heterocycles. The molecule has 21 heavy (non-hydrogen) atoms. The smallest absolute Gasteiger partial charge is 0.254 e. The third kappa shape index (κ3) is 2.11. The third-order valence-electron chi connectivity index (χ3n) is 4.66. The van der Waals surface area contributed by atoms with Gasteiger partial charge in [0.1, 0.15) is 0 Å². The molecule has 1 saturated heterocycles. The van der Waals surface area contributed by atoms with Crippen LogP contribution >= 0.6 is 0 Å². The molecular formula is C15H17N5O. The van der Waals surface area contributed by atoms with Crippen molar-refractivity contribution in [1.29, 1.82) is 0 Å². The average Bonchev–Trinajstić information content (AvgIpc) is 3.11. The molecule has 1 fully saturated rings. The van der Waals surface area contributed by atoms with Gasteiger partial charge >= 0.3 is 0 Å². The van der Waals surface area contributed by atoms with Gasteiger partial charge in [-0.1, -0.05) is 11.6 Å². The summed E-state index contributed by atoms with van der Waals surface area (Å²) in [6, 6.07) is 3.55. The minimum Gasteiger partial charge on any atom is -0.338 e. The summed E-state index contributed by atoms with van der Waals surface area (Å²) in [7, 11) is 0. The summed E-state index contributed by atoms with van der Waals surface area (Å²) >= 11 is 0. The first-order valence-corrected chi connectivity index (χ1v) is 7.33. The van der Waals surface area contributed by atoms with E-state index < -0.39 is 0 Å². The van der Waals surface area contributed by atoms with Crippen LogP contribution in [0.4, 0.5) is 0 Å². The normalized spacial score (nSPS) is 25.0. The van der Waals surface area contributed by atoms with Gasteiger partial charge in [0, 0.05) is 24.8 Å². The van der Waals surface area contributed by atoms with Crippen LogP contribution in [-0.2, 0) is 0 Å². The van der Waals surface area contributed by atoms with Crippen molar-refractivity contribution in [1.82, 2.24) is 24.9 Å². The fraction of sp³-hybridized carbons (Fsp3) is 0.467. The number of nitrogens with zero attached hydrogens (tertiary/aromatic N) is 5. The summed E-state index contributed by atoms with van der Waals surface area (Å²) in [4.78, 5) is 14.7. The SMILES string of the molecule is CC1=CC[C@H]2CN(C(=O)c3ccn4nnnc4c3)C[C@H]2C1. The number of pyridine rings is 1. The number of hydrogen-bond donors (Lipinski definition) is 0. The zero-order valence-electron chi connectivity index (χ0n) is 11.9. The van der Waals surface area contributed by atoms with Crippen LogP contribution in [0.2, 0.25) is 0 Å². The molecule has 0 bridgehead atoms. The second-order valence-corrected chi connectivity index (χ2v) is 6.12. The predicted octanol–water partition coefficient (Wildman–Crippen LogP) is 1.55. The number of aromatic nitrogens is 4. The van der Waals surface area contributed by atoms with Crippen molar-refractivity contribution in [3.63, 3.8) is 0 Å². The molecule has 0 N–H and O–H groups in total. The Morgan fingerprint density at radius 1 is 1.33 bits per heavy atom. The molecule has 2 aromatic heterocycles. The van der Waals surface area contributed by atoms with Gasteiger partial charge in [-0.25, -0.2) is 4.52 Å². The van der Waals surface area contributed by atoms with E-state index in [4.69, 9.17) is 0 Å². The Kier molecular flexibility index (Phi) is 2.77. The van der Waals surface area contributed by atoms with E-state index in [1.807, 2.05) is 4.90 Å². The van der Waals surface area contributed by atoms with Crippen molar-refractivity contribution in [2.45, 2.75) is 19.8 Å². The quantitative estimate of drug-likeness (QED) is 0.745. The first-order chi connectivity index (χ1) is 10.2. The lowest BCUT2D eigenvalue weighted by atomic mass is 9.83. The molecule has 0 radical (unpaired) electrons. The van der Waals surface area contributed by atoms with Gasteiger partial charge in [0.25, 0.3) is 5.91 Å². The largest absolute Gasteiger partial charge is 0.338 e. The van der Waals surface area contributed by atoms with E-state index >= 15 is 0 Å². The number of rotatable bonds is 1. The standard InChI is InChI=1S/C15H17N5O/c1-10-2-3-12-8-19(9-13(12)6-10)15(21)11-4-5-20-14(7-11)16-17-18-20/h2,4-5,7,12-13H,3,6,8-9H2,1H3/t12-,13+/m0/s1. The van der Waals surface area contributed by atoms with Crippen LogP contribution in [0.1, 0.15) is 30.1 Å². The molecule has 3 heterocycles. The highest BCUT2D eigenvalue weighted by molar-refractivity contribution is 5.95. The molecule has 4 rings (SSSR count). The highest BCUT2D eigenvalue weighted by Crippen LogP contribution is 2.36. The van der Waals surface area contributed by atoms with Gasteiger partial charge in [-0.2, -0.15) is 0 Å². The molecule has 6 nitrogen and oxygen atoms in total. The first kappa shape index (κ1) is 12.5. The highest BCUT2D eigenvalue weighted by atomic mass is 16.2. The fourth-order valence-corrected chi connectivity index (χ4v) is 3.51. The Labute approximate surface area is 122 Å². The van der Waals surface area contributed by atoms with Gasteiger partial charge < -0.3 is 4.90 Å². The summed E-state index contributed by atoms with van der Waals surface area (Å²) in [6.45, 7) is 3.92. The number of amides is 1. The molecule has 2 aromatic rings. The topological polar surface area (TPSA) is 63.4 Å². The Morgan fingerprint density at radius 3 is 3.10 bits per heavy atom. The average molecular weight is 283 g/mol. The summed E-state index contributed by atoms with van der Waals surface area (Å²) in [5.74, 6) is 1.33. The summed E-state index contributed by atoms with van der Waals surface area (Å²) < 4.78 is 1.56. The third-order valence-corrected chi connectivity index (χ3v) is 4.66. The van der Waals surface area contributed by atoms with Gasteiger partial charge in [-0.05, 0) is 54.2 Å². The van der Waals surface area contributed by atoms with E-state index in [-0.39, 0.29) is 5.91 Å². The van der Waals surface area contributed by atoms with Gasteiger partial charge in [-0.15, -0.1) is 5.10 Å². The van der Waals surface area contributed by atoms with Crippen LogP contribution in [0.25, 0.3) is 5.65 Å². The van der Waals surface area contributed by atoms with Gasteiger partial charge in [0.2, 0.25) is 0 Å². The Hall–Kier alpha value is -2.24. The molecule has 2 aliphatic rings. The second-order valence-electron chi connectivity index (χ2n) is 6.12. The number of likely N-dealkylation sites (tertiary alicyclic amines) is 1. The monoisotopic (exact) mass is 283 g/mol. The zero-order valence-corrected chi connectivity index (χ0v) is 11.9. The maximum atomic E-state index is 12.7. The maximum Gasteiger partial charge on any atom is 0.254 e. The second kappa shape index (κ2) is 4.65. The molecule has 0 unspecified atom stereocenters. The highest BCUT2D eigenvalue weighted by Gasteiger charge is 2.36. The molecule has 6 heteroatoms. The summed E-state index contributed by atoms with van der Waals surface area (Å²) in [5.41, 5.74) is 2.73. The van der Waals surface area contributed by atoms with E-state index in [9.17, 15) is 4.79 Å². The number of fused-ring (bicyclic) bond motifs is 2. The Balaban J connectivity index is 1.55. The van der Waals surface area contributed by atoms with E-state index in [2.05, 4.69) is 28.5 Å². The van der Waals surface area contributed by atoms with Crippen LogP contribution in [0.3, 0.4) is 0 Å². The Morgan fingerprint density at radius 2 is 2.19 bits per heavy atom. The van der Waals surface area contributed by atoms with E-state index in [1.54, 1.807) is 22.8 Å². The van der Waals surface area contributed by atoms with Gasteiger partial charge in [-0.3, -0.25) is 4.79 Å². The predicted molar refractivity (Wildman–Crippen MR) is 76.7 cm³/mol. The minimum absolute atomic E-state index is 0.0903. The Bertz CT molecular complexity index is 734. The summed E-state index contributed by atoms with van der Waals surface area (Å²) in [5, 5.41) is 11.3. The molecule has 0 saturated carbocycles. The molecule has 2 atom stereocenters. The first-order valence-electron chi connectivity index (χ1n) is 7.33. The van der Waals surface area contributed by atoms with Crippen molar-refractivity contribution in [3.8, 4) is 0 Å². The molecule has 108 valence electrons. The number of hydrogen-bond acceptors (Lipinski definition) is 4. The van der Waals surface area contributed by atoms with Crippen molar-refractivity contribution in [2.24, 2.45) is 11.8 Å². The van der Waals surface area contributed by atoms with Crippen molar-refractivity contribution >= 4 is 11.6 Å². The van der Waals surface area contributed by atoms with Crippen molar-refractivity contribution < 1.29 is 4.79 Å². The van der Waals surface area contributed by atoms with Gasteiger partial charge in [0.15, 0.2) is 5.65 Å². The lowest BCUT2D eigenvalue weighted by molar-refractivity contribution is 0.0784. The molecule has 0 spiro atoms. The number of carbonyl (C=O) groups excluding carboxylic acids is 1. The van der Waals surface area contributed by atoms with Crippen LogP contribution < -0.4 is 0 Å². The fourth-order valence-electron chi connectivity index (χ4n) is 3.51. The minimum atomic E-state index is 0.0903.